The van der Waals surface area contributed by atoms with Crippen molar-refractivity contribution in [2.75, 3.05) is 19.0 Å². The normalized spacial score (nSPS) is 20.9. The first kappa shape index (κ1) is 10.8. The van der Waals surface area contributed by atoms with Crippen molar-refractivity contribution >= 4 is 29.1 Å². The summed E-state index contributed by atoms with van der Waals surface area (Å²) in [5, 5.41) is 0.161. The molecule has 1 fully saturated rings. The summed E-state index contributed by atoms with van der Waals surface area (Å²) < 4.78 is 4.89. The summed E-state index contributed by atoms with van der Waals surface area (Å²) in [7, 11) is 0. The van der Waals surface area contributed by atoms with E-state index in [0.717, 1.165) is 13.0 Å². The van der Waals surface area contributed by atoms with Crippen LogP contribution in [-0.4, -0.2) is 29.8 Å². The predicted octanol–water partition coefficient (Wildman–Crippen LogP) is 2.63. The van der Waals surface area contributed by atoms with Crippen molar-refractivity contribution in [2.45, 2.75) is 6.42 Å². The van der Waals surface area contributed by atoms with E-state index in [9.17, 15) is 4.79 Å². The van der Waals surface area contributed by atoms with Crippen molar-refractivity contribution in [2.24, 2.45) is 5.92 Å². The van der Waals surface area contributed by atoms with Crippen molar-refractivity contribution < 1.29 is 9.21 Å². The quantitative estimate of drug-likeness (QED) is 0.754. The monoisotopic (exact) mass is 247 g/mol. The fraction of sp³-hybridized carbons (Fsp3) is 0.500. The molecule has 1 aliphatic rings. The smallest absolute Gasteiger partial charge is 0.258 e. The Morgan fingerprint density at radius 3 is 3.00 bits per heavy atom. The van der Waals surface area contributed by atoms with Gasteiger partial charge in [-0.2, -0.15) is 0 Å². The Labute approximate surface area is 97.9 Å². The van der Waals surface area contributed by atoms with Gasteiger partial charge in [-0.25, -0.2) is 0 Å². The summed E-state index contributed by atoms with van der Waals surface area (Å²) in [4.78, 5) is 13.7. The second kappa shape index (κ2) is 4.45. The van der Waals surface area contributed by atoms with Gasteiger partial charge in [0.1, 0.15) is 0 Å². The second-order valence-corrected chi connectivity index (χ2v) is 4.32. The Morgan fingerprint density at radius 1 is 1.67 bits per heavy atom. The highest BCUT2D eigenvalue weighted by Gasteiger charge is 2.28. The maximum absolute atomic E-state index is 11.9. The molecule has 0 bridgehead atoms. The fourth-order valence-electron chi connectivity index (χ4n) is 1.76. The zero-order valence-corrected chi connectivity index (χ0v) is 9.59. The number of rotatable bonds is 2. The molecule has 2 rings (SSSR count). The van der Waals surface area contributed by atoms with Crippen molar-refractivity contribution in [3.8, 4) is 0 Å². The molecule has 1 aromatic rings. The molecule has 5 heteroatoms. The number of furan rings is 1. The van der Waals surface area contributed by atoms with Gasteiger partial charge in [0.2, 0.25) is 5.22 Å². The fourth-order valence-corrected chi connectivity index (χ4v) is 2.21. The van der Waals surface area contributed by atoms with Gasteiger partial charge < -0.3 is 9.32 Å². The summed E-state index contributed by atoms with van der Waals surface area (Å²) >= 11 is 11.5. The molecule has 0 aliphatic carbocycles. The summed E-state index contributed by atoms with van der Waals surface area (Å²) in [6, 6.07) is 1.60. The highest BCUT2D eigenvalue weighted by atomic mass is 35.5. The molecule has 1 saturated heterocycles. The van der Waals surface area contributed by atoms with Crippen LogP contribution in [0.5, 0.6) is 0 Å². The topological polar surface area (TPSA) is 33.5 Å². The van der Waals surface area contributed by atoms with Crippen LogP contribution in [-0.2, 0) is 0 Å². The first-order valence-corrected chi connectivity index (χ1v) is 5.72. The zero-order valence-electron chi connectivity index (χ0n) is 8.08. The lowest BCUT2D eigenvalue weighted by molar-refractivity contribution is 0.0788. The van der Waals surface area contributed by atoms with E-state index in [0.29, 0.717) is 23.9 Å². The number of alkyl halides is 1. The van der Waals surface area contributed by atoms with Crippen LogP contribution >= 0.6 is 23.2 Å². The molecule has 1 amide bonds. The van der Waals surface area contributed by atoms with E-state index in [2.05, 4.69) is 0 Å². The first-order valence-electron chi connectivity index (χ1n) is 4.80. The van der Waals surface area contributed by atoms with Gasteiger partial charge in [-0.05, 0) is 30.0 Å². The van der Waals surface area contributed by atoms with Crippen LogP contribution in [0.25, 0.3) is 0 Å². The lowest BCUT2D eigenvalue weighted by Crippen LogP contribution is -2.28. The Balaban J connectivity index is 2.07. The third-order valence-corrected chi connectivity index (χ3v) is 3.37. The predicted molar refractivity (Wildman–Crippen MR) is 58.4 cm³/mol. The molecule has 1 aliphatic heterocycles. The molecule has 3 nitrogen and oxygen atoms in total. The number of amides is 1. The number of halogens is 2. The van der Waals surface area contributed by atoms with Crippen molar-refractivity contribution in [3.05, 3.63) is 23.1 Å². The lowest BCUT2D eigenvalue weighted by atomic mass is 10.2. The van der Waals surface area contributed by atoms with E-state index >= 15 is 0 Å². The molecule has 0 N–H and O–H groups in total. The summed E-state index contributed by atoms with van der Waals surface area (Å²) in [5.74, 6) is 0.936. The number of carbonyl (C=O) groups is 1. The van der Waals surface area contributed by atoms with Gasteiger partial charge in [-0.1, -0.05) is 0 Å². The molecule has 1 unspecified atom stereocenters. The van der Waals surface area contributed by atoms with Crippen LogP contribution < -0.4 is 0 Å². The Kier molecular flexibility index (Phi) is 3.22. The first-order chi connectivity index (χ1) is 7.22. The summed E-state index contributed by atoms with van der Waals surface area (Å²) in [6.45, 7) is 1.46. The van der Waals surface area contributed by atoms with E-state index < -0.39 is 0 Å². The van der Waals surface area contributed by atoms with E-state index in [4.69, 9.17) is 27.6 Å². The average Bonchev–Trinajstić information content (AvgIpc) is 2.84. The molecule has 15 heavy (non-hydrogen) atoms. The van der Waals surface area contributed by atoms with Gasteiger partial charge in [0.05, 0.1) is 11.8 Å². The molecule has 82 valence electrons. The maximum Gasteiger partial charge on any atom is 0.258 e. The lowest BCUT2D eigenvalue weighted by Gasteiger charge is -2.14. The third-order valence-electron chi connectivity index (χ3n) is 2.64. The van der Waals surface area contributed by atoms with Crippen LogP contribution in [0.1, 0.15) is 16.8 Å². The molecular weight excluding hydrogens is 237 g/mol. The summed E-state index contributed by atoms with van der Waals surface area (Å²) in [6.07, 6.45) is 2.38. The minimum absolute atomic E-state index is 0.0682. The highest BCUT2D eigenvalue weighted by molar-refractivity contribution is 6.32. The van der Waals surface area contributed by atoms with Crippen LogP contribution in [0.15, 0.2) is 16.7 Å². The maximum atomic E-state index is 11.9. The third kappa shape index (κ3) is 2.13. The highest BCUT2D eigenvalue weighted by Crippen LogP contribution is 2.23. The van der Waals surface area contributed by atoms with Crippen molar-refractivity contribution in [3.63, 3.8) is 0 Å². The molecular formula is C10H11Cl2NO2. The van der Waals surface area contributed by atoms with Crippen LogP contribution in [0.2, 0.25) is 5.22 Å². The van der Waals surface area contributed by atoms with Gasteiger partial charge >= 0.3 is 0 Å². The van der Waals surface area contributed by atoms with Gasteiger partial charge in [0, 0.05) is 19.0 Å². The van der Waals surface area contributed by atoms with Crippen LogP contribution in [0.3, 0.4) is 0 Å². The SMILES string of the molecule is O=C(c1ccoc1Cl)N1CCC(CCl)C1. The second-order valence-electron chi connectivity index (χ2n) is 3.67. The minimum atomic E-state index is -0.0682. The Hall–Kier alpha value is -0.670. The van der Waals surface area contributed by atoms with Crippen molar-refractivity contribution in [1.29, 1.82) is 0 Å². The molecule has 0 radical (unpaired) electrons. The number of hydrogen-bond donors (Lipinski definition) is 0. The van der Waals surface area contributed by atoms with E-state index in [1.165, 1.54) is 6.26 Å². The molecule has 1 aromatic heterocycles. The number of likely N-dealkylation sites (tertiary alicyclic amines) is 1. The van der Waals surface area contributed by atoms with Gasteiger partial charge in [-0.3, -0.25) is 4.79 Å². The van der Waals surface area contributed by atoms with Gasteiger partial charge in [0.25, 0.3) is 5.91 Å². The van der Waals surface area contributed by atoms with Crippen LogP contribution in [0.4, 0.5) is 0 Å². The standard InChI is InChI=1S/C10H11Cl2NO2/c11-5-7-1-3-13(6-7)10(14)8-2-4-15-9(8)12/h2,4,7H,1,3,5-6H2. The summed E-state index contributed by atoms with van der Waals surface area (Å²) in [5.41, 5.74) is 0.437. The number of carbonyl (C=O) groups excluding carboxylic acids is 1. The molecule has 1 atom stereocenters. The molecule has 0 aromatic carbocycles. The van der Waals surface area contributed by atoms with Gasteiger partial charge in [0.15, 0.2) is 0 Å². The molecule has 0 spiro atoms. The Morgan fingerprint density at radius 2 is 2.47 bits per heavy atom. The van der Waals surface area contributed by atoms with E-state index in [-0.39, 0.29) is 11.1 Å². The largest absolute Gasteiger partial charge is 0.452 e. The van der Waals surface area contributed by atoms with Crippen LogP contribution in [0, 0.1) is 5.92 Å². The van der Waals surface area contributed by atoms with Gasteiger partial charge in [-0.15, -0.1) is 11.6 Å². The number of hydrogen-bond acceptors (Lipinski definition) is 2. The zero-order chi connectivity index (χ0) is 10.8. The minimum Gasteiger partial charge on any atom is -0.452 e. The Bertz CT molecular complexity index is 364. The van der Waals surface area contributed by atoms with E-state index in [1.807, 2.05) is 0 Å². The van der Waals surface area contributed by atoms with Crippen molar-refractivity contribution in [1.82, 2.24) is 4.90 Å². The average molecular weight is 248 g/mol. The molecule has 2 heterocycles. The number of nitrogens with zero attached hydrogens (tertiary/aromatic N) is 1. The molecule has 0 saturated carbocycles. The van der Waals surface area contributed by atoms with E-state index in [1.54, 1.807) is 11.0 Å².